The molecule has 3 aromatic carbocycles. The summed E-state index contributed by atoms with van der Waals surface area (Å²) >= 11 is 4.82. The lowest BCUT2D eigenvalue weighted by molar-refractivity contribution is 0.303. The molecule has 3 aromatic heterocycles. The molecule has 0 radical (unpaired) electrons. The number of rotatable bonds is 10. The van der Waals surface area contributed by atoms with Crippen LogP contribution < -0.4 is 15.4 Å². The summed E-state index contributed by atoms with van der Waals surface area (Å²) in [5.74, 6) is 0.188. The first-order chi connectivity index (χ1) is 22.7. The molecule has 6 rings (SSSR count). The van der Waals surface area contributed by atoms with Gasteiger partial charge >= 0.3 is 0 Å². The first kappa shape index (κ1) is 32.3. The molecule has 2 N–H and O–H groups in total. The zero-order valence-electron chi connectivity index (χ0n) is 24.6. The second-order valence-electron chi connectivity index (χ2n) is 10.4. The zero-order chi connectivity index (χ0) is 32.9. The van der Waals surface area contributed by atoms with Crippen LogP contribution >= 0.6 is 27.3 Å². The molecule has 0 aliphatic heterocycles. The lowest BCUT2D eigenvalue weighted by atomic mass is 10.1. The second-order valence-corrected chi connectivity index (χ2v) is 13.1. The van der Waals surface area contributed by atoms with Crippen LogP contribution in [-0.4, -0.2) is 33.3 Å². The highest BCUT2D eigenvalue weighted by atomic mass is 79.9. The van der Waals surface area contributed by atoms with Crippen LogP contribution in [0.4, 0.5) is 20.3 Å². The number of anilines is 2. The molecule has 3 heterocycles. The lowest BCUT2D eigenvalue weighted by Crippen LogP contribution is -2.29. The molecule has 47 heavy (non-hydrogen) atoms. The van der Waals surface area contributed by atoms with E-state index in [9.17, 15) is 12.8 Å². The summed E-state index contributed by atoms with van der Waals surface area (Å²) in [6.45, 7) is 1.99. The van der Waals surface area contributed by atoms with Crippen LogP contribution in [0.25, 0.3) is 22.2 Å². The van der Waals surface area contributed by atoms with E-state index in [1.165, 1.54) is 35.9 Å². The van der Waals surface area contributed by atoms with E-state index in [-0.39, 0.29) is 29.4 Å². The molecule has 9 nitrogen and oxygen atoms in total. The molecule has 0 fully saturated rings. The molecular weight excluding hydrogens is 710 g/mol. The van der Waals surface area contributed by atoms with Crippen molar-refractivity contribution < 1.29 is 21.9 Å². The van der Waals surface area contributed by atoms with Gasteiger partial charge in [-0.1, -0.05) is 18.2 Å². The van der Waals surface area contributed by atoms with Crippen LogP contribution in [0.1, 0.15) is 29.2 Å². The van der Waals surface area contributed by atoms with Gasteiger partial charge in [-0.3, -0.25) is 10.3 Å². The fraction of sp³-hybridized carbons (Fsp3) is 0.121. The van der Waals surface area contributed by atoms with Crippen LogP contribution in [0.5, 0.6) is 5.75 Å². The molecule has 0 aliphatic carbocycles. The molecule has 1 atom stereocenters. The summed E-state index contributed by atoms with van der Waals surface area (Å²) < 4.78 is 59.3. The minimum absolute atomic E-state index is 0.0792. The van der Waals surface area contributed by atoms with Crippen LogP contribution in [0.15, 0.2) is 95.2 Å². The zero-order valence-corrected chi connectivity index (χ0v) is 27.8. The third kappa shape index (κ3) is 7.85. The molecule has 238 valence electrons. The van der Waals surface area contributed by atoms with E-state index in [0.717, 1.165) is 0 Å². The predicted molar refractivity (Wildman–Crippen MR) is 182 cm³/mol. The van der Waals surface area contributed by atoms with Gasteiger partial charge in [0.1, 0.15) is 46.1 Å². The van der Waals surface area contributed by atoms with E-state index < -0.39 is 22.2 Å². The van der Waals surface area contributed by atoms with Gasteiger partial charge < -0.3 is 10.1 Å². The number of aromatic nitrogens is 4. The first-order valence-corrected chi connectivity index (χ1v) is 16.9. The van der Waals surface area contributed by atoms with E-state index in [1.807, 2.05) is 6.07 Å². The van der Waals surface area contributed by atoms with Crippen LogP contribution in [0.3, 0.4) is 0 Å². The molecule has 1 unspecified atom stereocenters. The monoisotopic (exact) mass is 734 g/mol. The highest BCUT2D eigenvalue weighted by Gasteiger charge is 2.18. The molecule has 14 heteroatoms. The van der Waals surface area contributed by atoms with Crippen LogP contribution in [0, 0.1) is 11.6 Å². The quantitative estimate of drug-likeness (QED) is 0.139. The fourth-order valence-corrected chi connectivity index (χ4v) is 6.59. The summed E-state index contributed by atoms with van der Waals surface area (Å²) in [5.41, 5.74) is 3.03. The number of fused-ring (bicyclic) bond motifs is 1. The molecule has 0 saturated heterocycles. The van der Waals surface area contributed by atoms with Crippen molar-refractivity contribution in [1.82, 2.24) is 25.3 Å². The minimum Gasteiger partial charge on any atom is -0.488 e. The van der Waals surface area contributed by atoms with E-state index in [0.29, 0.717) is 54.6 Å². The molecular formula is C33H25BrF2N6O3S2. The Morgan fingerprint density at radius 2 is 1.89 bits per heavy atom. The molecule has 6 aromatic rings. The van der Waals surface area contributed by atoms with Crippen molar-refractivity contribution >= 4 is 65.0 Å². The van der Waals surface area contributed by atoms with Gasteiger partial charge in [0.05, 0.1) is 21.7 Å². The Bertz CT molecular complexity index is 2210. The molecule has 0 amide bonds. The number of hydrogen-bond acceptors (Lipinski definition) is 9. The molecule has 0 spiro atoms. The topological polar surface area (TPSA) is 119 Å². The van der Waals surface area contributed by atoms with Gasteiger partial charge in [0.15, 0.2) is 0 Å². The summed E-state index contributed by atoms with van der Waals surface area (Å²) in [6, 6.07) is 19.4. The molecule has 0 bridgehead atoms. The highest BCUT2D eigenvalue weighted by Crippen LogP contribution is 2.34. The van der Waals surface area contributed by atoms with Crippen molar-refractivity contribution in [2.45, 2.75) is 26.0 Å². The van der Waals surface area contributed by atoms with Gasteiger partial charge in [0.25, 0.3) is 0 Å². The number of nitrogens with zero attached hydrogens (tertiary/aromatic N) is 4. The SMILES string of the molecule is CC(NC(Cc1ccccn1)=S(=O)=O)c1nc(-c2cc3c(Nc4ccc(OCc5cccc(F)c5)c(Br)c4)ncnc3cc2F)cs1. The number of hydrogen-bond donors (Lipinski definition) is 2. The Balaban J connectivity index is 1.21. The standard InChI is InChI=1S/C33H25BrF2N6O3S2/c1-19(40-31(47(43)44)13-22-7-2-3-10-37-22)33-42-29(17-46-33)24-14-25-28(15-27(24)36)38-18-39-32(25)41-23-8-9-30(26(34)12-23)45-16-20-5-4-6-21(35)11-20/h2-12,14-15,17-19,40H,13,16H2,1H3,(H,38,39,41). The Kier molecular flexibility index (Phi) is 9.92. The van der Waals surface area contributed by atoms with Crippen molar-refractivity contribution in [3.63, 3.8) is 0 Å². The van der Waals surface area contributed by atoms with Crippen LogP contribution in [0.2, 0.25) is 0 Å². The second kappa shape index (κ2) is 14.4. The van der Waals surface area contributed by atoms with Gasteiger partial charge in [-0.25, -0.2) is 23.7 Å². The van der Waals surface area contributed by atoms with Gasteiger partial charge in [0, 0.05) is 46.4 Å². The Hall–Kier alpha value is -4.63. The van der Waals surface area contributed by atoms with E-state index in [4.69, 9.17) is 4.74 Å². The van der Waals surface area contributed by atoms with Gasteiger partial charge in [-0.2, -0.15) is 8.42 Å². The molecule has 0 saturated carbocycles. The Morgan fingerprint density at radius 3 is 2.66 bits per heavy atom. The van der Waals surface area contributed by atoms with Crippen molar-refractivity contribution in [3.8, 4) is 17.0 Å². The summed E-state index contributed by atoms with van der Waals surface area (Å²) in [4.78, 5) is 17.6. The maximum Gasteiger partial charge on any atom is 0.228 e. The number of halogens is 3. The Morgan fingerprint density at radius 1 is 1.02 bits per heavy atom. The number of ether oxygens (including phenoxy) is 1. The Labute approximate surface area is 282 Å². The van der Waals surface area contributed by atoms with E-state index in [1.54, 1.807) is 67.0 Å². The minimum atomic E-state index is -2.49. The fourth-order valence-electron chi connectivity index (χ4n) is 4.73. The third-order valence-electron chi connectivity index (χ3n) is 7.02. The normalized spacial score (nSPS) is 11.7. The number of thiazole rings is 1. The largest absolute Gasteiger partial charge is 0.488 e. The van der Waals surface area contributed by atoms with Crippen LogP contribution in [-0.2, 0) is 23.3 Å². The smallest absolute Gasteiger partial charge is 0.228 e. The van der Waals surface area contributed by atoms with Crippen molar-refractivity contribution in [1.29, 1.82) is 0 Å². The van der Waals surface area contributed by atoms with Crippen molar-refractivity contribution in [2.75, 3.05) is 5.32 Å². The summed E-state index contributed by atoms with van der Waals surface area (Å²) in [6.07, 6.45) is 3.06. The highest BCUT2D eigenvalue weighted by molar-refractivity contribution is 9.10. The van der Waals surface area contributed by atoms with Crippen molar-refractivity contribution in [3.05, 3.63) is 123 Å². The van der Waals surface area contributed by atoms with Gasteiger partial charge in [-0.05, 0) is 76.9 Å². The summed E-state index contributed by atoms with van der Waals surface area (Å²) in [7, 11) is -2.49. The molecule has 0 aliphatic rings. The lowest BCUT2D eigenvalue weighted by Gasteiger charge is -2.13. The van der Waals surface area contributed by atoms with E-state index >= 15 is 4.39 Å². The van der Waals surface area contributed by atoms with Gasteiger partial charge in [0.2, 0.25) is 10.3 Å². The maximum atomic E-state index is 15.4. The number of nitrogens with one attached hydrogen (secondary N) is 2. The van der Waals surface area contributed by atoms with Crippen molar-refractivity contribution in [2.24, 2.45) is 0 Å². The van der Waals surface area contributed by atoms with E-state index in [2.05, 4.69) is 46.5 Å². The maximum absolute atomic E-state index is 15.4. The predicted octanol–water partition coefficient (Wildman–Crippen LogP) is 7.41. The van der Waals surface area contributed by atoms with Gasteiger partial charge in [-0.15, -0.1) is 11.3 Å². The first-order valence-electron chi connectivity index (χ1n) is 14.2. The number of pyridine rings is 1. The average Bonchev–Trinajstić information content (AvgIpc) is 3.55. The summed E-state index contributed by atoms with van der Waals surface area (Å²) in [5, 5.41) is 9.15. The number of benzene rings is 3. The third-order valence-corrected chi connectivity index (χ3v) is 9.33. The average molecular weight is 736 g/mol.